The molecule has 0 saturated carbocycles. The second-order valence-corrected chi connectivity index (χ2v) is 4.77. The Balaban J connectivity index is 3.44. The fourth-order valence-electron chi connectivity index (χ4n) is 0.644. The zero-order valence-corrected chi connectivity index (χ0v) is 7.99. The second-order valence-electron chi connectivity index (χ2n) is 3.14. The molecule has 0 unspecified atom stereocenters. The van der Waals surface area contributed by atoms with Crippen molar-refractivity contribution in [1.29, 1.82) is 0 Å². The van der Waals surface area contributed by atoms with E-state index in [0.717, 1.165) is 0 Å². The maximum absolute atomic E-state index is 11.0. The topological polar surface area (TPSA) is 17.1 Å². The summed E-state index contributed by atoms with van der Waals surface area (Å²) < 4.78 is 0. The molecule has 0 aromatic carbocycles. The quantitative estimate of drug-likeness (QED) is 0.631. The lowest BCUT2D eigenvalue weighted by Gasteiger charge is -2.04. The van der Waals surface area contributed by atoms with Crippen LogP contribution in [0.2, 0.25) is 0 Å². The number of carbonyl (C=O) groups excluding carboxylic acids is 1. The first-order valence-electron chi connectivity index (χ1n) is 3.72. The highest BCUT2D eigenvalue weighted by Gasteiger charge is 2.06. The highest BCUT2D eigenvalue weighted by Crippen LogP contribution is 2.15. The molecule has 0 aliphatic heterocycles. The SMILES string of the molecule is CC(C)CC(=O)SC(C)C. The second kappa shape index (κ2) is 4.78. The molecule has 0 aromatic rings. The van der Waals surface area contributed by atoms with Gasteiger partial charge in [-0.2, -0.15) is 0 Å². The fourth-order valence-corrected chi connectivity index (χ4v) is 1.60. The van der Waals surface area contributed by atoms with E-state index in [-0.39, 0.29) is 0 Å². The van der Waals surface area contributed by atoms with Crippen LogP contribution >= 0.6 is 11.8 Å². The molecular formula is C8H16OS. The molecule has 0 fully saturated rings. The van der Waals surface area contributed by atoms with E-state index < -0.39 is 0 Å². The van der Waals surface area contributed by atoms with E-state index >= 15 is 0 Å². The van der Waals surface area contributed by atoms with Crippen LogP contribution in [0.1, 0.15) is 34.1 Å². The van der Waals surface area contributed by atoms with Gasteiger partial charge in [0.1, 0.15) is 0 Å². The van der Waals surface area contributed by atoms with Crippen molar-refractivity contribution < 1.29 is 4.79 Å². The number of carbonyl (C=O) groups is 1. The van der Waals surface area contributed by atoms with E-state index in [4.69, 9.17) is 0 Å². The highest BCUT2D eigenvalue weighted by atomic mass is 32.2. The van der Waals surface area contributed by atoms with Gasteiger partial charge in [0, 0.05) is 11.7 Å². The smallest absolute Gasteiger partial charge is 0.189 e. The summed E-state index contributed by atoms with van der Waals surface area (Å²) >= 11 is 1.44. The summed E-state index contributed by atoms with van der Waals surface area (Å²) in [5.74, 6) is 0.499. The predicted molar refractivity (Wildman–Crippen MR) is 47.2 cm³/mol. The Bertz CT molecular complexity index is 95.8. The molecule has 10 heavy (non-hydrogen) atoms. The minimum Gasteiger partial charge on any atom is -0.287 e. The van der Waals surface area contributed by atoms with Crippen molar-refractivity contribution >= 4 is 16.9 Å². The van der Waals surface area contributed by atoms with Gasteiger partial charge in [0.15, 0.2) is 5.12 Å². The first kappa shape index (κ1) is 10.0. The van der Waals surface area contributed by atoms with E-state index in [1.165, 1.54) is 11.8 Å². The lowest BCUT2D eigenvalue weighted by atomic mass is 10.2. The molecule has 60 valence electrons. The molecule has 0 N–H and O–H groups in total. The van der Waals surface area contributed by atoms with Crippen molar-refractivity contribution in [2.75, 3.05) is 0 Å². The molecule has 0 aliphatic carbocycles. The van der Waals surface area contributed by atoms with Crippen LogP contribution < -0.4 is 0 Å². The van der Waals surface area contributed by atoms with Crippen molar-refractivity contribution in [3.05, 3.63) is 0 Å². The van der Waals surface area contributed by atoms with Crippen molar-refractivity contribution in [2.45, 2.75) is 39.4 Å². The van der Waals surface area contributed by atoms with Gasteiger partial charge in [0.05, 0.1) is 0 Å². The third-order valence-corrected chi connectivity index (χ3v) is 1.84. The Hall–Kier alpha value is 0.0200. The van der Waals surface area contributed by atoms with Crippen LogP contribution in [0.25, 0.3) is 0 Å². The third kappa shape index (κ3) is 6.14. The van der Waals surface area contributed by atoms with Crippen LogP contribution in [0.3, 0.4) is 0 Å². The van der Waals surface area contributed by atoms with Gasteiger partial charge in [-0.1, -0.05) is 39.5 Å². The minimum absolute atomic E-state index is 0.324. The van der Waals surface area contributed by atoms with Gasteiger partial charge in [-0.3, -0.25) is 4.79 Å². The third-order valence-electron chi connectivity index (χ3n) is 0.942. The zero-order chi connectivity index (χ0) is 8.15. The summed E-state index contributed by atoms with van der Waals surface area (Å²) in [5.41, 5.74) is 0. The average molecular weight is 160 g/mol. The van der Waals surface area contributed by atoms with Crippen LogP contribution in [0.15, 0.2) is 0 Å². The first-order chi connectivity index (χ1) is 4.52. The average Bonchev–Trinajstić information content (AvgIpc) is 1.58. The number of hydrogen-bond acceptors (Lipinski definition) is 2. The van der Waals surface area contributed by atoms with Crippen molar-refractivity contribution in [1.82, 2.24) is 0 Å². The van der Waals surface area contributed by atoms with Crippen LogP contribution in [-0.2, 0) is 4.79 Å². The Kier molecular flexibility index (Phi) is 4.79. The molecule has 1 nitrogen and oxygen atoms in total. The lowest BCUT2D eigenvalue weighted by Crippen LogP contribution is -2.01. The number of rotatable bonds is 3. The number of thioether (sulfide) groups is 1. The first-order valence-corrected chi connectivity index (χ1v) is 4.59. The Morgan fingerprint density at radius 1 is 1.30 bits per heavy atom. The predicted octanol–water partition coefficient (Wildman–Crippen LogP) is 2.70. The van der Waals surface area contributed by atoms with E-state index in [9.17, 15) is 4.79 Å². The summed E-state index contributed by atoms with van der Waals surface area (Å²) in [4.78, 5) is 11.0. The standard InChI is InChI=1S/C8H16OS/c1-6(2)5-8(9)10-7(3)4/h6-7H,5H2,1-4H3. The van der Waals surface area contributed by atoms with E-state index in [1.54, 1.807) is 0 Å². The van der Waals surface area contributed by atoms with Gasteiger partial charge in [0.25, 0.3) is 0 Å². The molecule has 0 amide bonds. The van der Waals surface area contributed by atoms with E-state index in [2.05, 4.69) is 13.8 Å². The minimum atomic E-state index is 0.324. The van der Waals surface area contributed by atoms with Gasteiger partial charge in [-0.05, 0) is 5.92 Å². The molecule has 0 atom stereocenters. The molecule has 0 heterocycles. The molecule has 0 spiro atoms. The van der Waals surface area contributed by atoms with Crippen LogP contribution in [0.4, 0.5) is 0 Å². The van der Waals surface area contributed by atoms with Crippen LogP contribution in [-0.4, -0.2) is 10.4 Å². The summed E-state index contributed by atoms with van der Waals surface area (Å²) in [6, 6.07) is 0. The summed E-state index contributed by atoms with van der Waals surface area (Å²) in [6.45, 7) is 8.23. The summed E-state index contributed by atoms with van der Waals surface area (Å²) in [7, 11) is 0. The summed E-state index contributed by atoms with van der Waals surface area (Å²) in [6.07, 6.45) is 0.711. The van der Waals surface area contributed by atoms with Crippen LogP contribution in [0.5, 0.6) is 0 Å². The Morgan fingerprint density at radius 3 is 2.10 bits per heavy atom. The van der Waals surface area contributed by atoms with Gasteiger partial charge in [-0.15, -0.1) is 0 Å². The number of hydrogen-bond donors (Lipinski definition) is 0. The zero-order valence-electron chi connectivity index (χ0n) is 7.18. The monoisotopic (exact) mass is 160 g/mol. The van der Waals surface area contributed by atoms with Crippen molar-refractivity contribution in [2.24, 2.45) is 5.92 Å². The largest absolute Gasteiger partial charge is 0.287 e. The Morgan fingerprint density at radius 2 is 1.80 bits per heavy atom. The van der Waals surface area contributed by atoms with Crippen molar-refractivity contribution in [3.63, 3.8) is 0 Å². The maximum Gasteiger partial charge on any atom is 0.189 e. The van der Waals surface area contributed by atoms with Gasteiger partial charge < -0.3 is 0 Å². The lowest BCUT2D eigenvalue weighted by molar-refractivity contribution is -0.111. The highest BCUT2D eigenvalue weighted by molar-refractivity contribution is 8.14. The molecule has 0 radical (unpaired) electrons. The fraction of sp³-hybridized carbons (Fsp3) is 0.875. The summed E-state index contributed by atoms with van der Waals surface area (Å²) in [5, 5.41) is 0.760. The molecule has 0 bridgehead atoms. The molecule has 2 heteroatoms. The molecule has 0 aromatic heterocycles. The van der Waals surface area contributed by atoms with Gasteiger partial charge >= 0.3 is 0 Å². The van der Waals surface area contributed by atoms with E-state index in [0.29, 0.717) is 22.7 Å². The molecular weight excluding hydrogens is 144 g/mol. The molecule has 0 saturated heterocycles. The van der Waals surface area contributed by atoms with Gasteiger partial charge in [-0.25, -0.2) is 0 Å². The molecule has 0 rings (SSSR count). The van der Waals surface area contributed by atoms with Crippen LogP contribution in [0, 0.1) is 5.92 Å². The molecule has 0 aliphatic rings. The maximum atomic E-state index is 11.0. The Labute approximate surface area is 67.6 Å². The van der Waals surface area contributed by atoms with Gasteiger partial charge in [0.2, 0.25) is 0 Å². The van der Waals surface area contributed by atoms with Crippen molar-refractivity contribution in [3.8, 4) is 0 Å². The van der Waals surface area contributed by atoms with E-state index in [1.807, 2.05) is 13.8 Å². The normalized spacial score (nSPS) is 11.0.